The third kappa shape index (κ3) is 377000. The Balaban J connectivity index is -0.0000000213. The van der Waals surface area contributed by atoms with Crippen molar-refractivity contribution in [2.75, 3.05) is 26.4 Å². The number of rotatable bonds is 0. The summed E-state index contributed by atoms with van der Waals surface area (Å²) in [5, 5.41) is 30.3. The molecule has 0 aliphatic heterocycles. The maximum Gasteiger partial charge on any atom is 0.0402 e. The minimum absolute atomic E-state index is 0. The Hall–Kier alpha value is 0.0569. The van der Waals surface area contributed by atoms with Crippen LogP contribution in [0.3, 0.4) is 0 Å². The van der Waals surface area contributed by atoms with Crippen LogP contribution in [-0.2, 0) is 0 Å². The highest BCUT2D eigenvalue weighted by Crippen LogP contribution is 1.30. The van der Waals surface area contributed by atoms with Gasteiger partial charge in [-0.15, -0.1) is 0 Å². The van der Waals surface area contributed by atoms with Crippen LogP contribution in [0.25, 0.3) is 0 Å². The van der Waals surface area contributed by atoms with Gasteiger partial charge in [0.2, 0.25) is 0 Å². The second kappa shape index (κ2) is 89.6. The van der Waals surface area contributed by atoms with E-state index in [-0.39, 0.29) is 37.4 Å². The second-order valence-corrected chi connectivity index (χ2v) is 1.26. The molecular weight excluding hydrogens is 188 g/mol. The van der Waals surface area contributed by atoms with Crippen molar-refractivity contribution in [3.05, 3.63) is 0 Å². The highest BCUT2D eigenvalue weighted by molar-refractivity contribution is 5.75. The summed E-state index contributed by atoms with van der Waals surface area (Å²) in [4.78, 5) is 0. The smallest absolute Gasteiger partial charge is 0.0402 e. The summed E-state index contributed by atoms with van der Waals surface area (Å²) in [5.41, 5.74) is 0. The largest absolute Gasteiger partial charge is 0.397 e. The predicted molar refractivity (Wildman–Crippen MR) is 62.4 cm³/mol. The summed E-state index contributed by atoms with van der Waals surface area (Å²) in [5.74, 6) is 0. The predicted octanol–water partition coefficient (Wildman–Crippen LogP) is -1.46. The van der Waals surface area contributed by atoms with Crippen LogP contribution in [-0.4, -0.2) is 57.8 Å². The lowest BCUT2D eigenvalue weighted by molar-refractivity contribution is 0.318. The summed E-state index contributed by atoms with van der Waals surface area (Å²) in [7, 11) is 0. The van der Waals surface area contributed by atoms with Crippen molar-refractivity contribution < 1.29 is 20.4 Å². The zero-order valence-electron chi connectivity index (χ0n) is 8.62. The molecule has 0 fully saturated rings. The van der Waals surface area contributed by atoms with Gasteiger partial charge in [-0.1, -0.05) is 0 Å². The average molecular weight is 216 g/mol. The van der Waals surface area contributed by atoms with Crippen molar-refractivity contribution in [3.63, 3.8) is 0 Å². The molecule has 0 aliphatic carbocycles. The van der Waals surface area contributed by atoms with E-state index in [1.165, 1.54) is 0 Å². The molecule has 0 saturated carbocycles. The molecule has 0 aliphatic rings. The summed E-state index contributed by atoms with van der Waals surface area (Å²) in [6.07, 6.45) is 0. The molecule has 0 heterocycles. The van der Waals surface area contributed by atoms with Crippen molar-refractivity contribution in [1.29, 1.82) is 0 Å². The van der Waals surface area contributed by atoms with Gasteiger partial charge in [0.05, 0.1) is 0 Å². The van der Waals surface area contributed by atoms with Crippen LogP contribution >= 0.6 is 0 Å². The van der Waals surface area contributed by atoms with Crippen LogP contribution in [0, 0.1) is 0 Å². The van der Waals surface area contributed by atoms with Gasteiger partial charge in [0.25, 0.3) is 0 Å². The monoisotopic (exact) mass is 216 g/mol. The van der Waals surface area contributed by atoms with Gasteiger partial charge in [-0.2, -0.15) is 0 Å². The van der Waals surface area contributed by atoms with Crippen molar-refractivity contribution in [1.82, 2.24) is 0 Å². The van der Waals surface area contributed by atoms with E-state index in [1.807, 2.05) is 0 Å². The van der Waals surface area contributed by atoms with Crippen molar-refractivity contribution in [2.24, 2.45) is 0 Å². The van der Waals surface area contributed by atoms with E-state index >= 15 is 0 Å². The fourth-order valence-corrected chi connectivity index (χ4v) is 0. The SMILES string of the molecule is CCO.CCO.CCO.CCO.[SiH4]. The average Bonchev–Trinajstić information content (AvgIpc) is 1.92. The zero-order chi connectivity index (χ0) is 10.8. The molecule has 0 atom stereocenters. The molecule has 0 bridgehead atoms. The first-order chi connectivity index (χ1) is 5.66. The van der Waals surface area contributed by atoms with Crippen molar-refractivity contribution in [3.8, 4) is 0 Å². The number of aliphatic hydroxyl groups excluding tert-OH is 4. The molecule has 0 unspecified atom stereocenters. The minimum atomic E-state index is 0. The fourth-order valence-electron chi connectivity index (χ4n) is 0. The first kappa shape index (κ1) is 29.2. The molecule has 0 amide bonds. The summed E-state index contributed by atoms with van der Waals surface area (Å²) < 4.78 is 0. The summed E-state index contributed by atoms with van der Waals surface area (Å²) in [6.45, 7) is 7.72. The third-order valence-corrected chi connectivity index (χ3v) is 0. The van der Waals surface area contributed by atoms with Crippen LogP contribution in [0.2, 0.25) is 0 Å². The number of hydrogen-bond acceptors (Lipinski definition) is 4. The standard InChI is InChI=1S/4C2H6O.H4Si/c4*1-2-3;/h4*3H,2H2,1H3;1H4. The number of aliphatic hydroxyl groups is 4. The van der Waals surface area contributed by atoms with Gasteiger partial charge in [-0.25, -0.2) is 0 Å². The van der Waals surface area contributed by atoms with Crippen molar-refractivity contribution >= 4 is 11.0 Å². The topological polar surface area (TPSA) is 80.9 Å². The third-order valence-electron chi connectivity index (χ3n) is 0. The van der Waals surface area contributed by atoms with Gasteiger partial charge in [-0.05, 0) is 38.7 Å². The Morgan fingerprint density at radius 1 is 0.538 bits per heavy atom. The van der Waals surface area contributed by atoms with E-state index < -0.39 is 0 Å². The Kier molecular flexibility index (Phi) is 201. The first-order valence-corrected chi connectivity index (χ1v) is 4.09. The van der Waals surface area contributed by atoms with E-state index in [0.717, 1.165) is 0 Å². The Labute approximate surface area is 86.3 Å². The van der Waals surface area contributed by atoms with Gasteiger partial charge >= 0.3 is 0 Å². The Morgan fingerprint density at radius 3 is 0.538 bits per heavy atom. The van der Waals surface area contributed by atoms with Crippen LogP contribution in [0.15, 0.2) is 0 Å². The second-order valence-electron chi connectivity index (χ2n) is 1.26. The fraction of sp³-hybridized carbons (Fsp3) is 1.00. The van der Waals surface area contributed by atoms with Crippen molar-refractivity contribution in [2.45, 2.75) is 27.7 Å². The van der Waals surface area contributed by atoms with Gasteiger partial charge in [0.1, 0.15) is 0 Å². The van der Waals surface area contributed by atoms with Gasteiger partial charge in [-0.3, -0.25) is 0 Å². The Morgan fingerprint density at radius 2 is 0.538 bits per heavy atom. The maximum atomic E-state index is 7.57. The summed E-state index contributed by atoms with van der Waals surface area (Å²) in [6, 6.07) is 0. The molecule has 0 spiro atoms. The van der Waals surface area contributed by atoms with Gasteiger partial charge in [0, 0.05) is 26.4 Å². The van der Waals surface area contributed by atoms with Gasteiger partial charge in [0.15, 0.2) is 0 Å². The number of hydrogen-bond donors (Lipinski definition) is 4. The molecule has 4 N–H and O–H groups in total. The van der Waals surface area contributed by atoms with E-state index in [0.29, 0.717) is 0 Å². The molecule has 0 aromatic rings. The highest BCUT2D eigenvalue weighted by atomic mass is 28.1. The molecule has 5 heteroatoms. The van der Waals surface area contributed by atoms with Crippen LogP contribution in [0.1, 0.15) is 27.7 Å². The lowest BCUT2D eigenvalue weighted by Crippen LogP contribution is -1.57. The molecule has 13 heavy (non-hydrogen) atoms. The molecule has 0 aromatic heterocycles. The van der Waals surface area contributed by atoms with Crippen LogP contribution in [0.4, 0.5) is 0 Å². The highest BCUT2D eigenvalue weighted by Gasteiger charge is 1.35. The molecule has 88 valence electrons. The normalized spacial score (nSPS) is 5.54. The molecule has 4 nitrogen and oxygen atoms in total. The zero-order valence-corrected chi connectivity index (χ0v) is 8.62. The van der Waals surface area contributed by atoms with Crippen LogP contribution in [0.5, 0.6) is 0 Å². The van der Waals surface area contributed by atoms with E-state index in [4.69, 9.17) is 20.4 Å². The van der Waals surface area contributed by atoms with Gasteiger partial charge < -0.3 is 20.4 Å². The quantitative estimate of drug-likeness (QED) is 0.373. The molecule has 0 rings (SSSR count). The van der Waals surface area contributed by atoms with E-state index in [9.17, 15) is 0 Å². The lowest BCUT2D eigenvalue weighted by Gasteiger charge is -1.52. The van der Waals surface area contributed by atoms with Crippen LogP contribution < -0.4 is 0 Å². The molecular formula is C8H28O4Si. The minimum Gasteiger partial charge on any atom is -0.397 e. The molecule has 0 aromatic carbocycles. The van der Waals surface area contributed by atoms with E-state index in [2.05, 4.69) is 0 Å². The lowest BCUT2D eigenvalue weighted by atomic mass is 10.9. The molecule has 0 radical (unpaired) electrons. The maximum absolute atomic E-state index is 7.57. The van der Waals surface area contributed by atoms with E-state index in [1.54, 1.807) is 27.7 Å². The molecule has 0 saturated heterocycles. The summed E-state index contributed by atoms with van der Waals surface area (Å²) >= 11 is 0. The Bertz CT molecular complexity index is 24.1. The first-order valence-electron chi connectivity index (χ1n) is 4.09.